The largest absolute Gasteiger partial charge is 0.491 e. The zero-order valence-electron chi connectivity index (χ0n) is 23.9. The lowest BCUT2D eigenvalue weighted by Gasteiger charge is -2.20. The summed E-state index contributed by atoms with van der Waals surface area (Å²) in [6.07, 6.45) is 0.465. The Morgan fingerprint density at radius 1 is 1.07 bits per heavy atom. The highest BCUT2D eigenvalue weighted by molar-refractivity contribution is 6.08. The van der Waals surface area contributed by atoms with Gasteiger partial charge < -0.3 is 36.2 Å². The normalized spacial score (nSPS) is 11.3. The number of oxime groups is 1. The van der Waals surface area contributed by atoms with Crippen molar-refractivity contribution >= 4 is 29.1 Å². The van der Waals surface area contributed by atoms with E-state index in [4.69, 9.17) is 20.4 Å². The third-order valence-electron chi connectivity index (χ3n) is 6.23. The third kappa shape index (κ3) is 8.71. The molecule has 0 heterocycles. The van der Waals surface area contributed by atoms with Crippen LogP contribution in [0.1, 0.15) is 65.4 Å². The maximum atomic E-state index is 13.3. The molecule has 218 valence electrons. The van der Waals surface area contributed by atoms with Gasteiger partial charge in [-0.05, 0) is 93.3 Å². The summed E-state index contributed by atoms with van der Waals surface area (Å²) in [4.78, 5) is 25.5. The molecular formula is C31H38N4O6. The molecule has 3 aromatic carbocycles. The summed E-state index contributed by atoms with van der Waals surface area (Å²) in [6.45, 7) is 7.95. The summed E-state index contributed by atoms with van der Waals surface area (Å²) in [6, 6.07) is 15.8. The monoisotopic (exact) mass is 562 g/mol. The van der Waals surface area contributed by atoms with Gasteiger partial charge in [0.2, 0.25) is 0 Å². The van der Waals surface area contributed by atoms with Crippen LogP contribution in [0.4, 0.5) is 11.4 Å². The number of nitrogens with one attached hydrogen (secondary N) is 2. The lowest BCUT2D eigenvalue weighted by molar-refractivity contribution is -0.143. The number of carbonyl (C=O) groups is 2. The lowest BCUT2D eigenvalue weighted by Crippen LogP contribution is -2.17. The van der Waals surface area contributed by atoms with Crippen LogP contribution in [0.3, 0.4) is 0 Å². The minimum atomic E-state index is -0.316. The van der Waals surface area contributed by atoms with E-state index in [1.165, 1.54) is 0 Å². The van der Waals surface area contributed by atoms with Crippen molar-refractivity contribution in [3.05, 3.63) is 88.0 Å². The maximum absolute atomic E-state index is 13.3. The molecule has 0 aromatic heterocycles. The van der Waals surface area contributed by atoms with Crippen molar-refractivity contribution in [3.8, 4) is 5.75 Å². The minimum absolute atomic E-state index is 0.0260. The molecular weight excluding hydrogens is 524 g/mol. The van der Waals surface area contributed by atoms with Crippen molar-refractivity contribution in [2.45, 2.75) is 59.8 Å². The zero-order valence-corrected chi connectivity index (χ0v) is 23.9. The van der Waals surface area contributed by atoms with E-state index in [1.54, 1.807) is 43.3 Å². The molecule has 0 aliphatic carbocycles. The Morgan fingerprint density at radius 3 is 2.44 bits per heavy atom. The highest BCUT2D eigenvalue weighted by atomic mass is 16.5. The van der Waals surface area contributed by atoms with Crippen LogP contribution in [0.15, 0.2) is 59.8 Å². The first-order chi connectivity index (χ1) is 19.6. The molecule has 3 rings (SSSR count). The van der Waals surface area contributed by atoms with Crippen LogP contribution >= 0.6 is 0 Å². The van der Waals surface area contributed by atoms with E-state index in [1.807, 2.05) is 39.0 Å². The molecule has 0 aliphatic heterocycles. The van der Waals surface area contributed by atoms with E-state index in [-0.39, 0.29) is 36.8 Å². The average Bonchev–Trinajstić information content (AvgIpc) is 2.95. The van der Waals surface area contributed by atoms with Gasteiger partial charge in [0.05, 0.1) is 24.9 Å². The van der Waals surface area contributed by atoms with Gasteiger partial charge >= 0.3 is 5.97 Å². The van der Waals surface area contributed by atoms with Gasteiger partial charge in [0, 0.05) is 29.9 Å². The molecule has 3 aromatic rings. The number of hydrogen-bond donors (Lipinski definition) is 5. The van der Waals surface area contributed by atoms with Crippen LogP contribution in [0.5, 0.6) is 5.75 Å². The third-order valence-corrected chi connectivity index (χ3v) is 6.23. The van der Waals surface area contributed by atoms with Crippen LogP contribution in [0, 0.1) is 6.92 Å². The number of aliphatic hydroxyl groups is 1. The molecule has 6 N–H and O–H groups in total. The molecule has 41 heavy (non-hydrogen) atoms. The van der Waals surface area contributed by atoms with Crippen LogP contribution < -0.4 is 21.1 Å². The fourth-order valence-corrected chi connectivity index (χ4v) is 4.29. The van der Waals surface area contributed by atoms with Crippen LogP contribution in [-0.2, 0) is 29.1 Å². The number of benzene rings is 3. The van der Waals surface area contributed by atoms with E-state index >= 15 is 0 Å². The first kappa shape index (κ1) is 31.0. The van der Waals surface area contributed by atoms with Crippen LogP contribution in [0.2, 0.25) is 0 Å². The number of nitrogens with two attached hydrogens (primary N) is 1. The molecule has 1 amide bonds. The first-order valence-electron chi connectivity index (χ1n) is 13.5. The summed E-state index contributed by atoms with van der Waals surface area (Å²) in [5.74, 6) is -0.0417. The number of aliphatic hydroxyl groups excluding tert-OH is 1. The average molecular weight is 563 g/mol. The summed E-state index contributed by atoms with van der Waals surface area (Å²) >= 11 is 0. The van der Waals surface area contributed by atoms with Gasteiger partial charge in [-0.15, -0.1) is 0 Å². The van der Waals surface area contributed by atoms with E-state index in [0.717, 1.165) is 16.7 Å². The Balaban J connectivity index is 1.89. The fraction of sp³-hybridized carbons (Fsp3) is 0.323. The van der Waals surface area contributed by atoms with Crippen LogP contribution in [0.25, 0.3) is 0 Å². The second-order valence-corrected chi connectivity index (χ2v) is 9.78. The van der Waals surface area contributed by atoms with Crippen molar-refractivity contribution in [2.75, 3.05) is 17.2 Å². The fourth-order valence-electron chi connectivity index (χ4n) is 4.29. The second kappa shape index (κ2) is 14.7. The van der Waals surface area contributed by atoms with Gasteiger partial charge in [-0.2, -0.15) is 0 Å². The molecule has 10 heteroatoms. The molecule has 0 radical (unpaired) electrons. The van der Waals surface area contributed by atoms with Gasteiger partial charge in [-0.1, -0.05) is 22.9 Å². The SMILES string of the molecule is CCOC(=O)CCc1c(CNc2ccc(C)cc2C(=O)Nc2ccc(/C(N)=N/O)cc2)cc(CO)cc1OC(C)C. The van der Waals surface area contributed by atoms with Crippen molar-refractivity contribution in [3.63, 3.8) is 0 Å². The Morgan fingerprint density at radius 2 is 1.80 bits per heavy atom. The molecule has 0 aliphatic rings. The minimum Gasteiger partial charge on any atom is -0.491 e. The molecule has 0 fully saturated rings. The first-order valence-corrected chi connectivity index (χ1v) is 13.5. The quantitative estimate of drug-likeness (QED) is 0.0658. The van der Waals surface area contributed by atoms with E-state index < -0.39 is 0 Å². The smallest absolute Gasteiger partial charge is 0.306 e. The zero-order chi connectivity index (χ0) is 29.9. The molecule has 0 saturated heterocycles. The maximum Gasteiger partial charge on any atom is 0.306 e. The number of carbonyl (C=O) groups excluding carboxylic acids is 2. The number of amides is 1. The molecule has 0 spiro atoms. The van der Waals surface area contributed by atoms with Gasteiger partial charge in [0.25, 0.3) is 5.91 Å². The van der Waals surface area contributed by atoms with E-state index in [9.17, 15) is 14.7 Å². The van der Waals surface area contributed by atoms with Gasteiger partial charge in [0.1, 0.15) is 5.75 Å². The Bertz CT molecular complexity index is 1390. The molecule has 0 unspecified atom stereocenters. The van der Waals surface area contributed by atoms with Crippen molar-refractivity contribution in [1.29, 1.82) is 0 Å². The standard InChI is InChI=1S/C31H38N4O6/c1-5-40-29(37)13-11-25-23(15-21(18-36)16-28(25)41-19(2)3)17-33-27-12-6-20(4)14-26(27)31(38)34-24-9-7-22(8-10-24)30(32)35-39/h6-10,12,14-16,19,33,36,39H,5,11,13,17-18H2,1-4H3,(H2,32,35)(H,34,38). The highest BCUT2D eigenvalue weighted by Gasteiger charge is 2.18. The molecule has 0 bridgehead atoms. The topological polar surface area (TPSA) is 155 Å². The van der Waals surface area contributed by atoms with E-state index in [2.05, 4.69) is 15.8 Å². The Labute approximate surface area is 240 Å². The molecule has 0 saturated carbocycles. The highest BCUT2D eigenvalue weighted by Crippen LogP contribution is 2.29. The van der Waals surface area contributed by atoms with Gasteiger partial charge in [-0.25, -0.2) is 0 Å². The van der Waals surface area contributed by atoms with Crippen molar-refractivity contribution < 1.29 is 29.4 Å². The van der Waals surface area contributed by atoms with E-state index in [0.29, 0.717) is 53.4 Å². The number of esters is 1. The number of nitrogens with zero attached hydrogens (tertiary/aromatic N) is 1. The molecule has 10 nitrogen and oxygen atoms in total. The summed E-state index contributed by atoms with van der Waals surface area (Å²) in [7, 11) is 0. The number of rotatable bonds is 13. The molecule has 0 atom stereocenters. The second-order valence-electron chi connectivity index (χ2n) is 9.78. The Hall–Kier alpha value is -4.57. The number of amidine groups is 1. The Kier molecular flexibility index (Phi) is 11.1. The number of ether oxygens (including phenoxy) is 2. The predicted octanol–water partition coefficient (Wildman–Crippen LogP) is 4.73. The predicted molar refractivity (Wildman–Crippen MR) is 158 cm³/mol. The number of anilines is 2. The summed E-state index contributed by atoms with van der Waals surface area (Å²) in [5.41, 5.74) is 11.0. The van der Waals surface area contributed by atoms with Crippen molar-refractivity contribution in [1.82, 2.24) is 0 Å². The summed E-state index contributed by atoms with van der Waals surface area (Å²) in [5, 5.41) is 28.0. The van der Waals surface area contributed by atoms with Crippen molar-refractivity contribution in [2.24, 2.45) is 10.9 Å². The summed E-state index contributed by atoms with van der Waals surface area (Å²) < 4.78 is 11.2. The number of aryl methyl sites for hydroxylation is 1. The number of hydrogen-bond acceptors (Lipinski definition) is 8. The van der Waals surface area contributed by atoms with Gasteiger partial charge in [-0.3, -0.25) is 9.59 Å². The van der Waals surface area contributed by atoms with Crippen LogP contribution in [-0.4, -0.2) is 40.7 Å². The lowest BCUT2D eigenvalue weighted by atomic mass is 9.98. The van der Waals surface area contributed by atoms with Gasteiger partial charge in [0.15, 0.2) is 5.84 Å².